The third kappa shape index (κ3) is 9.73. The van der Waals surface area contributed by atoms with Gasteiger partial charge in [0.25, 0.3) is 5.91 Å². The fraction of sp³-hybridized carbons (Fsp3) is 0.417. The lowest BCUT2D eigenvalue weighted by molar-refractivity contribution is -0.116. The Balaban J connectivity index is 1.41. The number of nitrogen functional groups attached to an aromatic ring is 1. The van der Waals surface area contributed by atoms with Gasteiger partial charge in [-0.2, -0.15) is 4.31 Å². The fourth-order valence-electron chi connectivity index (χ4n) is 5.59. The molecule has 3 aromatic carbocycles. The monoisotopic (exact) mass is 709 g/mol. The summed E-state index contributed by atoms with van der Waals surface area (Å²) in [4.78, 5) is 40.5. The van der Waals surface area contributed by atoms with Crippen LogP contribution in [0.1, 0.15) is 56.3 Å². The van der Waals surface area contributed by atoms with Crippen molar-refractivity contribution in [2.75, 3.05) is 50.2 Å². The Morgan fingerprint density at radius 2 is 1.70 bits per heavy atom. The van der Waals surface area contributed by atoms with Crippen LogP contribution in [0.3, 0.4) is 0 Å². The van der Waals surface area contributed by atoms with Crippen LogP contribution in [0.4, 0.5) is 17.1 Å². The predicted molar refractivity (Wildman–Crippen MR) is 192 cm³/mol. The second kappa shape index (κ2) is 17.3. The lowest BCUT2D eigenvalue weighted by Gasteiger charge is -2.38. The number of aliphatic hydroxyl groups excluding tert-OH is 1. The number of anilines is 3. The molecule has 5 N–H and O–H groups in total. The summed E-state index contributed by atoms with van der Waals surface area (Å²) in [5.41, 5.74) is 7.52. The maximum Gasteiger partial charge on any atom is 0.258 e. The van der Waals surface area contributed by atoms with E-state index in [1.807, 2.05) is 6.92 Å². The summed E-state index contributed by atoms with van der Waals surface area (Å²) >= 11 is 0. The molecule has 0 unspecified atom stereocenters. The molecule has 3 aromatic rings. The van der Waals surface area contributed by atoms with Gasteiger partial charge in [-0.1, -0.05) is 25.5 Å². The van der Waals surface area contributed by atoms with E-state index in [9.17, 15) is 27.9 Å². The van der Waals surface area contributed by atoms with Gasteiger partial charge in [0.2, 0.25) is 21.8 Å². The van der Waals surface area contributed by atoms with Gasteiger partial charge in [-0.15, -0.1) is 0 Å². The van der Waals surface area contributed by atoms with Gasteiger partial charge >= 0.3 is 0 Å². The summed E-state index contributed by atoms with van der Waals surface area (Å²) in [6.07, 6.45) is 1.70. The maximum atomic E-state index is 13.8. The maximum absolute atomic E-state index is 13.8. The summed E-state index contributed by atoms with van der Waals surface area (Å²) in [7, 11) is -0.899. The molecule has 270 valence electrons. The van der Waals surface area contributed by atoms with Crippen molar-refractivity contribution >= 4 is 44.8 Å². The number of likely N-dealkylation sites (N-methyl/N-ethyl adjacent to an activating group) is 1. The summed E-state index contributed by atoms with van der Waals surface area (Å²) < 4.78 is 39.6. The number of rotatable bonds is 15. The van der Waals surface area contributed by atoms with Crippen LogP contribution in [0, 0.1) is 5.92 Å². The van der Waals surface area contributed by atoms with Crippen molar-refractivity contribution in [2.24, 2.45) is 5.92 Å². The zero-order valence-electron chi connectivity index (χ0n) is 28.9. The molecule has 0 fully saturated rings. The number of ether oxygens (including phenoxy) is 2. The zero-order chi connectivity index (χ0) is 36.4. The molecule has 1 aliphatic heterocycles. The Labute approximate surface area is 293 Å². The average molecular weight is 710 g/mol. The van der Waals surface area contributed by atoms with Crippen LogP contribution in [-0.4, -0.2) is 86.5 Å². The molecule has 50 heavy (non-hydrogen) atoms. The Morgan fingerprint density at radius 1 is 1.04 bits per heavy atom. The highest BCUT2D eigenvalue weighted by Gasteiger charge is 2.35. The molecule has 0 radical (unpaired) electrons. The molecule has 0 bridgehead atoms. The summed E-state index contributed by atoms with van der Waals surface area (Å²) in [6.45, 7) is 3.52. The number of unbranched alkanes of at least 4 members (excludes halogenated alkanes) is 2. The molecule has 0 aliphatic carbocycles. The van der Waals surface area contributed by atoms with E-state index in [0.717, 1.165) is 0 Å². The highest BCUT2D eigenvalue weighted by atomic mass is 32.2. The number of carbonyl (C=O) groups excluding carboxylic acids is 3. The van der Waals surface area contributed by atoms with Crippen molar-refractivity contribution in [3.63, 3.8) is 0 Å². The molecule has 14 heteroatoms. The van der Waals surface area contributed by atoms with Crippen LogP contribution >= 0.6 is 0 Å². The standard InChI is InChI=1S/C36H47N5O8S/c1-24-21-41(25(2)23-42)36(45)29-20-26(38-34(43)12-6-5-7-13-35(44)39-31-11-9-8-10-30(31)37)14-19-32(29)49-33(24)22-40(3)50(46,47)28-17-15-27(48-4)16-18-28/h8-11,14-20,24-25,33,42H,5-7,12-13,21-23,37H2,1-4H3,(H,38,43)(H,39,44)/t24-,25-,33-/m1/s1. The Bertz CT molecular complexity index is 1750. The molecule has 0 saturated carbocycles. The van der Waals surface area contributed by atoms with E-state index in [1.165, 1.54) is 36.7 Å². The number of methoxy groups -OCH3 is 1. The molecule has 0 aromatic heterocycles. The first-order valence-corrected chi connectivity index (χ1v) is 18.0. The van der Waals surface area contributed by atoms with Gasteiger partial charge in [-0.05, 0) is 74.4 Å². The highest BCUT2D eigenvalue weighted by Crippen LogP contribution is 2.31. The lowest BCUT2D eigenvalue weighted by atomic mass is 9.99. The number of hydrogen-bond donors (Lipinski definition) is 4. The minimum absolute atomic E-state index is 0.00896. The molecule has 1 heterocycles. The number of aliphatic hydroxyl groups is 1. The van der Waals surface area contributed by atoms with Gasteiger partial charge < -0.3 is 35.8 Å². The van der Waals surface area contributed by atoms with Crippen LogP contribution in [0.15, 0.2) is 71.6 Å². The summed E-state index contributed by atoms with van der Waals surface area (Å²) in [6, 6.07) is 17.4. The van der Waals surface area contributed by atoms with Crippen LogP contribution in [0.5, 0.6) is 11.5 Å². The van der Waals surface area contributed by atoms with E-state index in [-0.39, 0.29) is 66.0 Å². The van der Waals surface area contributed by atoms with Gasteiger partial charge in [0.15, 0.2) is 0 Å². The largest absolute Gasteiger partial charge is 0.497 e. The number of nitrogens with two attached hydrogens (primary N) is 1. The lowest BCUT2D eigenvalue weighted by Crippen LogP contribution is -2.50. The zero-order valence-corrected chi connectivity index (χ0v) is 29.7. The first-order chi connectivity index (χ1) is 23.8. The quantitative estimate of drug-likeness (QED) is 0.132. The molecule has 0 saturated heterocycles. The average Bonchev–Trinajstić information content (AvgIpc) is 3.10. The highest BCUT2D eigenvalue weighted by molar-refractivity contribution is 7.89. The SMILES string of the molecule is COc1ccc(S(=O)(=O)N(C)C[C@H]2Oc3ccc(NC(=O)CCCCCC(=O)Nc4ccccc4N)cc3C(=O)N([C@H](C)CO)C[C@H]2C)cc1. The number of nitrogens with zero attached hydrogens (tertiary/aromatic N) is 2. The van der Waals surface area contributed by atoms with Gasteiger partial charge in [0, 0.05) is 38.0 Å². The molecule has 3 amide bonds. The van der Waals surface area contributed by atoms with Crippen molar-refractivity contribution in [1.29, 1.82) is 0 Å². The van der Waals surface area contributed by atoms with E-state index >= 15 is 0 Å². The number of para-hydroxylation sites is 2. The molecule has 4 rings (SSSR count). The molecule has 1 aliphatic rings. The first-order valence-electron chi connectivity index (χ1n) is 16.6. The molecular formula is C36H47N5O8S. The Kier molecular flexibility index (Phi) is 13.2. The van der Waals surface area contributed by atoms with Crippen LogP contribution in [-0.2, 0) is 19.6 Å². The number of nitrogens with one attached hydrogen (secondary N) is 2. The first kappa shape index (κ1) is 38.1. The van der Waals surface area contributed by atoms with Gasteiger partial charge in [-0.3, -0.25) is 14.4 Å². The van der Waals surface area contributed by atoms with Crippen molar-refractivity contribution in [1.82, 2.24) is 9.21 Å². The van der Waals surface area contributed by atoms with E-state index in [2.05, 4.69) is 10.6 Å². The van der Waals surface area contributed by atoms with Crippen LogP contribution in [0.25, 0.3) is 0 Å². The van der Waals surface area contributed by atoms with Crippen molar-refractivity contribution in [3.05, 3.63) is 72.3 Å². The fourth-order valence-corrected chi connectivity index (χ4v) is 6.78. The molecular weight excluding hydrogens is 662 g/mol. The van der Waals surface area contributed by atoms with Crippen molar-refractivity contribution in [3.8, 4) is 11.5 Å². The second-order valence-electron chi connectivity index (χ2n) is 12.5. The molecule has 0 spiro atoms. The number of carbonyl (C=O) groups is 3. The normalized spacial score (nSPS) is 16.8. The minimum Gasteiger partial charge on any atom is -0.497 e. The minimum atomic E-state index is -3.88. The number of benzene rings is 3. The number of hydrogen-bond acceptors (Lipinski definition) is 9. The predicted octanol–water partition coefficient (Wildman–Crippen LogP) is 4.35. The van der Waals surface area contributed by atoms with Gasteiger partial charge in [-0.25, -0.2) is 8.42 Å². The summed E-state index contributed by atoms with van der Waals surface area (Å²) in [5, 5.41) is 15.6. The van der Waals surface area contributed by atoms with E-state index in [4.69, 9.17) is 15.2 Å². The van der Waals surface area contributed by atoms with E-state index in [0.29, 0.717) is 48.5 Å². The van der Waals surface area contributed by atoms with Crippen LogP contribution < -0.4 is 25.8 Å². The topological polar surface area (TPSA) is 181 Å². The van der Waals surface area contributed by atoms with Crippen molar-refractivity contribution in [2.45, 2.75) is 63.0 Å². The van der Waals surface area contributed by atoms with Crippen LogP contribution in [0.2, 0.25) is 0 Å². The number of fused-ring (bicyclic) bond motifs is 1. The third-order valence-corrected chi connectivity index (χ3v) is 10.5. The Hall–Kier alpha value is -4.66. The number of amides is 3. The van der Waals surface area contributed by atoms with Crippen molar-refractivity contribution < 1.29 is 37.4 Å². The van der Waals surface area contributed by atoms with E-state index < -0.39 is 22.2 Å². The number of sulfonamides is 1. The third-order valence-electron chi connectivity index (χ3n) is 8.70. The second-order valence-corrected chi connectivity index (χ2v) is 14.6. The van der Waals surface area contributed by atoms with Gasteiger partial charge in [0.1, 0.15) is 17.6 Å². The molecule has 3 atom stereocenters. The molecule has 13 nitrogen and oxygen atoms in total. The smallest absolute Gasteiger partial charge is 0.258 e. The summed E-state index contributed by atoms with van der Waals surface area (Å²) in [5.74, 6) is -0.305. The van der Waals surface area contributed by atoms with Gasteiger partial charge in [0.05, 0.1) is 48.1 Å². The Morgan fingerprint density at radius 3 is 2.34 bits per heavy atom. The van der Waals surface area contributed by atoms with E-state index in [1.54, 1.807) is 60.4 Å².